The topological polar surface area (TPSA) is 40.5 Å². The first-order chi connectivity index (χ1) is 6.61. The van der Waals surface area contributed by atoms with Crippen LogP contribution in [-0.4, -0.2) is 17.2 Å². The maximum Gasteiger partial charge on any atom is 0.502 e. The van der Waals surface area contributed by atoms with Gasteiger partial charge in [0.25, 0.3) is 0 Å². The smallest absolute Gasteiger partial charge is 0.423 e. The molecule has 0 saturated heterocycles. The van der Waals surface area contributed by atoms with E-state index in [9.17, 15) is 8.78 Å². The van der Waals surface area contributed by atoms with Crippen LogP contribution >= 0.6 is 11.3 Å². The fraction of sp³-hybridized carbons (Fsp3) is 0. The first-order valence-electron chi connectivity index (χ1n) is 3.84. The van der Waals surface area contributed by atoms with Crippen LogP contribution in [-0.2, 0) is 0 Å². The molecular formula is C8H5BF2O2S. The van der Waals surface area contributed by atoms with E-state index in [0.717, 1.165) is 0 Å². The zero-order chi connectivity index (χ0) is 10.3. The predicted octanol–water partition coefficient (Wildman–Crippen LogP) is 0.859. The molecule has 2 aromatic rings. The largest absolute Gasteiger partial charge is 0.502 e. The summed E-state index contributed by atoms with van der Waals surface area (Å²) >= 11 is 0.709. The highest BCUT2D eigenvalue weighted by atomic mass is 32.1. The van der Waals surface area contributed by atoms with Gasteiger partial charge in [0.2, 0.25) is 0 Å². The summed E-state index contributed by atoms with van der Waals surface area (Å²) in [6.45, 7) is 0. The Hall–Kier alpha value is -0.975. The monoisotopic (exact) mass is 214 g/mol. The second kappa shape index (κ2) is 3.31. The zero-order valence-electron chi connectivity index (χ0n) is 6.87. The van der Waals surface area contributed by atoms with Crippen molar-refractivity contribution in [2.45, 2.75) is 0 Å². The molecular weight excluding hydrogens is 209 g/mol. The molecule has 0 aliphatic heterocycles. The lowest BCUT2D eigenvalue weighted by Gasteiger charge is -1.91. The molecule has 1 heterocycles. The Bertz CT molecular complexity index is 483. The molecule has 0 bridgehead atoms. The van der Waals surface area contributed by atoms with Gasteiger partial charge in [-0.2, -0.15) is 0 Å². The summed E-state index contributed by atoms with van der Waals surface area (Å²) in [7, 11) is -1.90. The van der Waals surface area contributed by atoms with E-state index in [1.54, 1.807) is 0 Å². The van der Waals surface area contributed by atoms with Gasteiger partial charge in [-0.05, 0) is 6.07 Å². The Kier molecular flexibility index (Phi) is 2.26. The molecule has 72 valence electrons. The lowest BCUT2D eigenvalue weighted by Crippen LogP contribution is -2.29. The molecule has 0 saturated carbocycles. The van der Waals surface area contributed by atoms with Gasteiger partial charge in [-0.15, -0.1) is 11.3 Å². The number of hydrogen-bond donors (Lipinski definition) is 2. The average molecular weight is 214 g/mol. The van der Waals surface area contributed by atoms with Crippen molar-refractivity contribution in [3.05, 3.63) is 29.8 Å². The maximum atomic E-state index is 13.4. The second-order valence-corrected chi connectivity index (χ2v) is 3.82. The van der Waals surface area contributed by atoms with Crippen molar-refractivity contribution in [2.24, 2.45) is 0 Å². The molecule has 0 fully saturated rings. The van der Waals surface area contributed by atoms with Gasteiger partial charge in [-0.1, -0.05) is 12.1 Å². The summed E-state index contributed by atoms with van der Waals surface area (Å²) in [5.41, 5.74) is 0. The molecule has 0 atom stereocenters. The Labute approximate surface area is 82.6 Å². The van der Waals surface area contributed by atoms with Crippen molar-refractivity contribution in [1.82, 2.24) is 0 Å². The van der Waals surface area contributed by atoms with Crippen LogP contribution in [0.15, 0.2) is 18.2 Å². The number of rotatable bonds is 1. The van der Waals surface area contributed by atoms with E-state index >= 15 is 0 Å². The predicted molar refractivity (Wildman–Crippen MR) is 51.6 cm³/mol. The fourth-order valence-corrected chi connectivity index (χ4v) is 2.20. The molecule has 0 aliphatic rings. The minimum Gasteiger partial charge on any atom is -0.423 e. The van der Waals surface area contributed by atoms with Crippen LogP contribution in [0.2, 0.25) is 0 Å². The van der Waals surface area contributed by atoms with Crippen molar-refractivity contribution in [2.75, 3.05) is 0 Å². The molecule has 0 spiro atoms. The third-order valence-electron chi connectivity index (χ3n) is 1.87. The third kappa shape index (κ3) is 1.32. The van der Waals surface area contributed by atoms with Crippen molar-refractivity contribution >= 4 is 33.3 Å². The highest BCUT2D eigenvalue weighted by Crippen LogP contribution is 2.25. The molecule has 6 heteroatoms. The summed E-state index contributed by atoms with van der Waals surface area (Å²) in [5.74, 6) is -1.32. The van der Waals surface area contributed by atoms with E-state index in [4.69, 9.17) is 10.0 Å². The van der Waals surface area contributed by atoms with Crippen LogP contribution in [0.1, 0.15) is 0 Å². The van der Waals surface area contributed by atoms with Gasteiger partial charge in [-0.3, -0.25) is 0 Å². The lowest BCUT2D eigenvalue weighted by atomic mass is 9.88. The Morgan fingerprint density at radius 3 is 2.50 bits per heavy atom. The van der Waals surface area contributed by atoms with E-state index in [0.29, 0.717) is 11.3 Å². The van der Waals surface area contributed by atoms with Gasteiger partial charge in [0.1, 0.15) is 11.6 Å². The van der Waals surface area contributed by atoms with Crippen LogP contribution in [0, 0.1) is 11.6 Å². The third-order valence-corrected chi connectivity index (χ3v) is 3.10. The van der Waals surface area contributed by atoms with E-state index in [1.807, 2.05) is 0 Å². The first-order valence-corrected chi connectivity index (χ1v) is 4.65. The Morgan fingerprint density at radius 1 is 1.21 bits per heavy atom. The van der Waals surface area contributed by atoms with Gasteiger partial charge >= 0.3 is 7.12 Å². The molecule has 14 heavy (non-hydrogen) atoms. The van der Waals surface area contributed by atoms with Crippen molar-refractivity contribution in [3.8, 4) is 0 Å². The summed E-state index contributed by atoms with van der Waals surface area (Å²) < 4.78 is 26.4. The van der Waals surface area contributed by atoms with E-state index < -0.39 is 18.8 Å². The summed E-state index contributed by atoms with van der Waals surface area (Å²) in [6, 6.07) is 3.98. The minimum atomic E-state index is -1.90. The molecule has 1 aromatic heterocycles. The number of halogens is 2. The van der Waals surface area contributed by atoms with E-state index in [1.165, 1.54) is 18.2 Å². The van der Waals surface area contributed by atoms with Gasteiger partial charge in [0.05, 0.1) is 9.48 Å². The van der Waals surface area contributed by atoms with Crippen molar-refractivity contribution < 1.29 is 18.8 Å². The van der Waals surface area contributed by atoms with Gasteiger partial charge in [0.15, 0.2) is 0 Å². The van der Waals surface area contributed by atoms with Crippen LogP contribution in [0.5, 0.6) is 0 Å². The normalized spacial score (nSPS) is 10.9. The minimum absolute atomic E-state index is 0.0816. The van der Waals surface area contributed by atoms with Crippen molar-refractivity contribution in [1.29, 1.82) is 0 Å². The SMILES string of the molecule is OB(O)c1sc2c(F)cccc2c1F. The summed E-state index contributed by atoms with van der Waals surface area (Å²) in [6.07, 6.45) is 0. The second-order valence-electron chi connectivity index (χ2n) is 2.77. The Balaban J connectivity index is 2.80. The number of fused-ring (bicyclic) bond motifs is 1. The highest BCUT2D eigenvalue weighted by Gasteiger charge is 2.23. The molecule has 0 aliphatic carbocycles. The standard InChI is InChI=1S/C8H5BF2O2S/c10-5-3-1-2-4-6(11)8(9(12)13)14-7(4)5/h1-3,12-13H. The fourth-order valence-electron chi connectivity index (χ4n) is 1.24. The van der Waals surface area contributed by atoms with Crippen LogP contribution in [0.3, 0.4) is 0 Å². The molecule has 2 rings (SSSR count). The molecule has 2 nitrogen and oxygen atoms in total. The molecule has 0 amide bonds. The quantitative estimate of drug-likeness (QED) is 0.691. The number of hydrogen-bond acceptors (Lipinski definition) is 3. The number of thiophene rings is 1. The van der Waals surface area contributed by atoms with Crippen LogP contribution < -0.4 is 4.78 Å². The van der Waals surface area contributed by atoms with Gasteiger partial charge in [0, 0.05) is 5.39 Å². The van der Waals surface area contributed by atoms with E-state index in [-0.39, 0.29) is 14.9 Å². The highest BCUT2D eigenvalue weighted by molar-refractivity contribution is 7.28. The van der Waals surface area contributed by atoms with Gasteiger partial charge < -0.3 is 10.0 Å². The Morgan fingerprint density at radius 2 is 1.93 bits per heavy atom. The van der Waals surface area contributed by atoms with Crippen molar-refractivity contribution in [3.63, 3.8) is 0 Å². The number of benzene rings is 1. The van der Waals surface area contributed by atoms with E-state index in [2.05, 4.69) is 0 Å². The zero-order valence-corrected chi connectivity index (χ0v) is 7.68. The molecule has 1 aromatic carbocycles. The molecule has 0 radical (unpaired) electrons. The lowest BCUT2D eigenvalue weighted by molar-refractivity contribution is 0.424. The summed E-state index contributed by atoms with van der Waals surface area (Å²) in [5, 5.41) is 17.7. The van der Waals surface area contributed by atoms with Crippen LogP contribution in [0.4, 0.5) is 8.78 Å². The molecule has 0 unspecified atom stereocenters. The molecule has 2 N–H and O–H groups in total. The average Bonchev–Trinajstić information content (AvgIpc) is 2.46. The van der Waals surface area contributed by atoms with Crippen LogP contribution in [0.25, 0.3) is 10.1 Å². The summed E-state index contributed by atoms with van der Waals surface area (Å²) in [4.78, 5) is 0. The maximum absolute atomic E-state index is 13.4. The van der Waals surface area contributed by atoms with Gasteiger partial charge in [-0.25, -0.2) is 8.78 Å². The first kappa shape index (κ1) is 9.58.